The van der Waals surface area contributed by atoms with Gasteiger partial charge in [-0.2, -0.15) is 0 Å². The first kappa shape index (κ1) is 32.2. The SMILES string of the molecule is COc1cc2c(cc1OC(C)C)C(c1ccc(Cl)cc1)N(c1ccc(N(C)CC3CCC(N4CCCCC4=O)CC3)nc1)C(=O)C2. The highest BCUT2D eigenvalue weighted by atomic mass is 35.5. The molecule has 3 aromatic rings. The van der Waals surface area contributed by atoms with Crippen molar-refractivity contribution >= 4 is 34.9 Å². The molecule has 1 saturated carbocycles. The molecule has 0 spiro atoms. The number of ether oxygens (including phenoxy) is 2. The minimum atomic E-state index is -0.388. The largest absolute Gasteiger partial charge is 0.493 e. The molecule has 46 heavy (non-hydrogen) atoms. The standard InChI is InChI=1S/C37H45ClN4O4/c1-24(2)46-33-21-31-27(19-32(33)45-4)20-36(44)42(37(31)26-10-12-28(38)13-11-26)30-16-17-34(39-22-30)40(3)23-25-8-14-29(15-9-25)41-18-6-5-7-35(41)43/h10-13,16-17,19,21-22,24-25,29,37H,5-9,14-15,18,20,23H2,1-4H3. The smallest absolute Gasteiger partial charge is 0.232 e. The van der Waals surface area contributed by atoms with Gasteiger partial charge in [-0.3, -0.25) is 14.5 Å². The second-order valence-corrected chi connectivity index (χ2v) is 13.7. The summed E-state index contributed by atoms with van der Waals surface area (Å²) in [5.74, 6) is 3.04. The van der Waals surface area contributed by atoms with Gasteiger partial charge < -0.3 is 19.3 Å². The highest BCUT2D eigenvalue weighted by Gasteiger charge is 2.36. The van der Waals surface area contributed by atoms with Gasteiger partial charge in [-0.15, -0.1) is 0 Å². The van der Waals surface area contributed by atoms with Crippen LogP contribution < -0.4 is 19.3 Å². The fraction of sp³-hybridized carbons (Fsp3) is 0.486. The molecule has 2 aliphatic heterocycles. The van der Waals surface area contributed by atoms with Gasteiger partial charge in [0.2, 0.25) is 11.8 Å². The number of hydrogen-bond acceptors (Lipinski definition) is 6. The highest BCUT2D eigenvalue weighted by molar-refractivity contribution is 6.30. The summed E-state index contributed by atoms with van der Waals surface area (Å²) in [4.78, 5) is 37.4. The molecular weight excluding hydrogens is 600 g/mol. The molecular formula is C37H45ClN4O4. The van der Waals surface area contributed by atoms with Crippen LogP contribution in [0.3, 0.4) is 0 Å². The number of carbonyl (C=O) groups is 2. The molecule has 1 aliphatic carbocycles. The van der Waals surface area contributed by atoms with E-state index < -0.39 is 0 Å². The zero-order valence-electron chi connectivity index (χ0n) is 27.4. The number of aromatic nitrogens is 1. The van der Waals surface area contributed by atoms with Crippen molar-refractivity contribution in [1.29, 1.82) is 0 Å². The molecule has 0 bridgehead atoms. The van der Waals surface area contributed by atoms with Crippen LogP contribution in [0.2, 0.25) is 5.02 Å². The number of benzene rings is 2. The Morgan fingerprint density at radius 2 is 1.74 bits per heavy atom. The van der Waals surface area contributed by atoms with E-state index in [0.29, 0.717) is 40.8 Å². The molecule has 8 nitrogen and oxygen atoms in total. The zero-order valence-corrected chi connectivity index (χ0v) is 28.1. The van der Waals surface area contributed by atoms with E-state index >= 15 is 0 Å². The summed E-state index contributed by atoms with van der Waals surface area (Å²) < 4.78 is 11.8. The van der Waals surface area contributed by atoms with Crippen molar-refractivity contribution in [2.75, 3.05) is 37.0 Å². The molecule has 244 valence electrons. The Bertz CT molecular complexity index is 1540. The van der Waals surface area contributed by atoms with E-state index in [0.717, 1.165) is 79.8 Å². The third-order valence-electron chi connectivity index (χ3n) is 9.69. The van der Waals surface area contributed by atoms with Crippen LogP contribution in [0.4, 0.5) is 11.5 Å². The maximum absolute atomic E-state index is 13.9. The predicted molar refractivity (Wildman–Crippen MR) is 182 cm³/mol. The molecule has 3 aliphatic rings. The van der Waals surface area contributed by atoms with E-state index in [9.17, 15) is 9.59 Å². The van der Waals surface area contributed by atoms with Gasteiger partial charge in [-0.1, -0.05) is 23.7 Å². The van der Waals surface area contributed by atoms with Gasteiger partial charge in [0.25, 0.3) is 0 Å². The first-order chi connectivity index (χ1) is 22.2. The third kappa shape index (κ3) is 6.82. The number of fused-ring (bicyclic) bond motifs is 1. The van der Waals surface area contributed by atoms with Crippen LogP contribution in [-0.4, -0.2) is 61.1 Å². The van der Waals surface area contributed by atoms with Crippen molar-refractivity contribution in [3.05, 3.63) is 76.4 Å². The molecule has 3 heterocycles. The van der Waals surface area contributed by atoms with Crippen LogP contribution in [0, 0.1) is 5.92 Å². The number of halogens is 1. The average Bonchev–Trinajstić information content (AvgIpc) is 3.05. The number of pyridine rings is 1. The number of nitrogens with zero attached hydrogens (tertiary/aromatic N) is 4. The Balaban J connectivity index is 1.21. The van der Waals surface area contributed by atoms with E-state index in [4.69, 9.17) is 26.1 Å². The number of rotatable bonds is 9. The van der Waals surface area contributed by atoms with E-state index in [-0.39, 0.29) is 24.5 Å². The van der Waals surface area contributed by atoms with Gasteiger partial charge in [0.05, 0.1) is 37.6 Å². The van der Waals surface area contributed by atoms with Crippen LogP contribution in [0.15, 0.2) is 54.7 Å². The maximum Gasteiger partial charge on any atom is 0.232 e. The summed E-state index contributed by atoms with van der Waals surface area (Å²) in [6.45, 7) is 5.81. The molecule has 1 atom stereocenters. The van der Waals surface area contributed by atoms with Crippen molar-refractivity contribution in [1.82, 2.24) is 9.88 Å². The number of anilines is 2. The van der Waals surface area contributed by atoms with Crippen LogP contribution in [-0.2, 0) is 16.0 Å². The summed E-state index contributed by atoms with van der Waals surface area (Å²) in [6.07, 6.45) is 9.29. The summed E-state index contributed by atoms with van der Waals surface area (Å²) in [7, 11) is 3.71. The Morgan fingerprint density at radius 3 is 2.39 bits per heavy atom. The minimum absolute atomic E-state index is 0.0149. The van der Waals surface area contributed by atoms with Crippen LogP contribution in [0.5, 0.6) is 11.5 Å². The van der Waals surface area contributed by atoms with Gasteiger partial charge in [0, 0.05) is 37.6 Å². The van der Waals surface area contributed by atoms with Crippen molar-refractivity contribution in [3.8, 4) is 11.5 Å². The molecule has 2 aromatic carbocycles. The highest BCUT2D eigenvalue weighted by Crippen LogP contribution is 2.44. The van der Waals surface area contributed by atoms with E-state index in [1.165, 1.54) is 0 Å². The molecule has 0 N–H and O–H groups in total. The molecule has 9 heteroatoms. The van der Waals surface area contributed by atoms with Crippen LogP contribution in [0.1, 0.15) is 81.5 Å². The van der Waals surface area contributed by atoms with Crippen LogP contribution >= 0.6 is 11.6 Å². The summed E-state index contributed by atoms with van der Waals surface area (Å²) in [6, 6.07) is 15.6. The van der Waals surface area contributed by atoms with Gasteiger partial charge in [0.1, 0.15) is 5.82 Å². The lowest BCUT2D eigenvalue weighted by Crippen LogP contribution is -2.45. The maximum atomic E-state index is 13.9. The normalized spacial score (nSPS) is 21.7. The van der Waals surface area contributed by atoms with Crippen LogP contribution in [0.25, 0.3) is 0 Å². The fourth-order valence-electron chi connectivity index (χ4n) is 7.41. The van der Waals surface area contributed by atoms with Crippen molar-refractivity contribution in [2.45, 2.75) is 83.4 Å². The summed E-state index contributed by atoms with van der Waals surface area (Å²) in [5.41, 5.74) is 3.59. The number of piperidine rings is 1. The number of carbonyl (C=O) groups excluding carboxylic acids is 2. The van der Waals surface area contributed by atoms with Crippen molar-refractivity contribution in [2.24, 2.45) is 5.92 Å². The predicted octanol–water partition coefficient (Wildman–Crippen LogP) is 7.22. The summed E-state index contributed by atoms with van der Waals surface area (Å²) in [5, 5.41) is 0.638. The average molecular weight is 645 g/mol. The lowest BCUT2D eigenvalue weighted by molar-refractivity contribution is -0.136. The number of methoxy groups -OCH3 is 1. The lowest BCUT2D eigenvalue weighted by Gasteiger charge is -2.39. The zero-order chi connectivity index (χ0) is 32.4. The number of hydrogen-bond donors (Lipinski definition) is 0. The molecule has 2 amide bonds. The Kier molecular flexibility index (Phi) is 9.73. The van der Waals surface area contributed by atoms with E-state index in [2.05, 4.69) is 16.8 Å². The second-order valence-electron chi connectivity index (χ2n) is 13.2. The Labute approximate surface area is 277 Å². The van der Waals surface area contributed by atoms with Crippen molar-refractivity contribution < 1.29 is 19.1 Å². The minimum Gasteiger partial charge on any atom is -0.493 e. The lowest BCUT2D eigenvalue weighted by atomic mass is 9.84. The van der Waals surface area contributed by atoms with Gasteiger partial charge in [-0.05, 0) is 111 Å². The summed E-state index contributed by atoms with van der Waals surface area (Å²) >= 11 is 6.27. The molecule has 1 saturated heterocycles. The first-order valence-corrected chi connectivity index (χ1v) is 17.0. The van der Waals surface area contributed by atoms with E-state index in [1.807, 2.05) is 73.5 Å². The fourth-order valence-corrected chi connectivity index (χ4v) is 7.53. The first-order valence-electron chi connectivity index (χ1n) is 16.6. The monoisotopic (exact) mass is 644 g/mol. The van der Waals surface area contributed by atoms with Gasteiger partial charge in [0.15, 0.2) is 11.5 Å². The Morgan fingerprint density at radius 1 is 0.978 bits per heavy atom. The molecule has 0 radical (unpaired) electrons. The Hall–Kier alpha value is -3.78. The van der Waals surface area contributed by atoms with E-state index in [1.54, 1.807) is 7.11 Å². The topological polar surface area (TPSA) is 75.2 Å². The molecule has 1 aromatic heterocycles. The second kappa shape index (κ2) is 13.9. The number of amides is 2. The molecule has 6 rings (SSSR count). The quantitative estimate of drug-likeness (QED) is 0.245. The third-order valence-corrected chi connectivity index (χ3v) is 9.94. The molecule has 1 unspecified atom stereocenters. The van der Waals surface area contributed by atoms with Gasteiger partial charge in [-0.25, -0.2) is 4.98 Å². The number of likely N-dealkylation sites (tertiary alicyclic amines) is 1. The van der Waals surface area contributed by atoms with Gasteiger partial charge >= 0.3 is 0 Å². The van der Waals surface area contributed by atoms with Crippen molar-refractivity contribution in [3.63, 3.8) is 0 Å². The molecule has 2 fully saturated rings.